The summed E-state index contributed by atoms with van der Waals surface area (Å²) in [5, 5.41) is 7.49. The molecule has 3 aromatic rings. The second kappa shape index (κ2) is 7.35. The normalized spacial score (nSPS) is 16.3. The summed E-state index contributed by atoms with van der Waals surface area (Å²) < 4.78 is 40.3. The number of halogens is 3. The smallest absolute Gasteiger partial charge is 0.345 e. The highest BCUT2D eigenvalue weighted by molar-refractivity contribution is 5.94. The van der Waals surface area contributed by atoms with E-state index in [-0.39, 0.29) is 17.6 Å². The zero-order chi connectivity index (χ0) is 20.6. The van der Waals surface area contributed by atoms with E-state index in [1.807, 2.05) is 25.1 Å². The molecule has 2 aromatic heterocycles. The van der Waals surface area contributed by atoms with Gasteiger partial charge in [0, 0.05) is 23.5 Å². The van der Waals surface area contributed by atoms with Crippen LogP contribution in [0, 0.1) is 6.92 Å². The van der Waals surface area contributed by atoms with Crippen molar-refractivity contribution in [3.8, 4) is 5.69 Å². The summed E-state index contributed by atoms with van der Waals surface area (Å²) >= 11 is 0. The van der Waals surface area contributed by atoms with Gasteiger partial charge in [0.25, 0.3) is 5.91 Å². The summed E-state index contributed by atoms with van der Waals surface area (Å²) in [6.07, 6.45) is 0.609. The third kappa shape index (κ3) is 4.01. The highest BCUT2D eigenvalue weighted by atomic mass is 19.4. The van der Waals surface area contributed by atoms with Gasteiger partial charge < -0.3 is 5.32 Å². The van der Waals surface area contributed by atoms with Gasteiger partial charge in [0.2, 0.25) is 0 Å². The quantitative estimate of drug-likeness (QED) is 0.709. The number of rotatable bonds is 3. The number of benzene rings is 1. The van der Waals surface area contributed by atoms with Crippen LogP contribution in [0.3, 0.4) is 0 Å². The van der Waals surface area contributed by atoms with Gasteiger partial charge in [-0.05, 0) is 50.5 Å². The van der Waals surface area contributed by atoms with Crippen LogP contribution in [0.1, 0.15) is 51.8 Å². The van der Waals surface area contributed by atoms with Crippen LogP contribution < -0.4 is 5.32 Å². The molecular weight excluding hydrogens is 381 g/mol. The van der Waals surface area contributed by atoms with Gasteiger partial charge in [-0.1, -0.05) is 17.7 Å². The van der Waals surface area contributed by atoms with Crippen molar-refractivity contribution in [1.29, 1.82) is 0 Å². The number of nitrogens with zero attached hydrogens (tertiary/aromatic N) is 3. The molecule has 1 aliphatic carbocycles. The molecule has 4 rings (SSSR count). The maximum absolute atomic E-state index is 13.0. The van der Waals surface area contributed by atoms with Crippen LogP contribution in [0.25, 0.3) is 5.69 Å². The first-order chi connectivity index (χ1) is 13.8. The van der Waals surface area contributed by atoms with Gasteiger partial charge in [0.05, 0.1) is 17.4 Å². The van der Waals surface area contributed by atoms with Crippen LogP contribution in [0.15, 0.2) is 48.8 Å². The Kier molecular flexibility index (Phi) is 4.86. The molecule has 0 saturated carbocycles. The molecule has 1 N–H and O–H groups in total. The van der Waals surface area contributed by atoms with E-state index < -0.39 is 11.9 Å². The predicted octanol–water partition coefficient (Wildman–Crippen LogP) is 4.40. The Labute approximate surface area is 165 Å². The van der Waals surface area contributed by atoms with Crippen LogP contribution in [-0.4, -0.2) is 20.7 Å². The molecule has 0 radical (unpaired) electrons. The molecule has 0 saturated heterocycles. The monoisotopic (exact) mass is 400 g/mol. The molecule has 1 aromatic carbocycles. The molecule has 1 amide bonds. The van der Waals surface area contributed by atoms with Crippen LogP contribution in [0.4, 0.5) is 13.2 Å². The molecule has 8 heteroatoms. The molecule has 0 spiro atoms. The number of carbonyl (C=O) groups is 1. The third-order valence-corrected chi connectivity index (χ3v) is 4.99. The minimum Gasteiger partial charge on any atom is -0.345 e. The highest BCUT2D eigenvalue weighted by Crippen LogP contribution is 2.32. The number of carbonyl (C=O) groups excluding carboxylic acids is 1. The molecule has 150 valence electrons. The first kappa shape index (κ1) is 19.2. The van der Waals surface area contributed by atoms with Crippen LogP contribution in [0.2, 0.25) is 0 Å². The Morgan fingerprint density at radius 2 is 2.07 bits per heavy atom. The van der Waals surface area contributed by atoms with Crippen molar-refractivity contribution in [2.75, 3.05) is 0 Å². The van der Waals surface area contributed by atoms with Gasteiger partial charge in [0.1, 0.15) is 5.69 Å². The summed E-state index contributed by atoms with van der Waals surface area (Å²) in [7, 11) is 0. The number of nitrogens with one attached hydrogen (secondary N) is 1. The van der Waals surface area contributed by atoms with E-state index in [0.29, 0.717) is 5.56 Å². The molecule has 0 unspecified atom stereocenters. The minimum atomic E-state index is -4.52. The van der Waals surface area contributed by atoms with Gasteiger partial charge in [0.15, 0.2) is 0 Å². The number of hydrogen-bond acceptors (Lipinski definition) is 3. The SMILES string of the molecule is Cc1cccc(C(=O)N[C@H]2CCCc3nn(-c4ccnc(C(F)(F)F)c4)cc32)c1. The Hall–Kier alpha value is -3.16. The molecule has 0 aliphatic heterocycles. The highest BCUT2D eigenvalue weighted by Gasteiger charge is 2.33. The number of hydrogen-bond donors (Lipinski definition) is 1. The molecule has 0 bridgehead atoms. The second-order valence-electron chi connectivity index (χ2n) is 7.16. The fraction of sp³-hybridized carbons (Fsp3) is 0.286. The van der Waals surface area contributed by atoms with E-state index in [4.69, 9.17) is 0 Å². The molecule has 5 nitrogen and oxygen atoms in total. The zero-order valence-electron chi connectivity index (χ0n) is 15.7. The Morgan fingerprint density at radius 3 is 2.83 bits per heavy atom. The van der Waals surface area contributed by atoms with Crippen LogP contribution in [0.5, 0.6) is 0 Å². The van der Waals surface area contributed by atoms with Gasteiger partial charge in [-0.2, -0.15) is 18.3 Å². The summed E-state index contributed by atoms with van der Waals surface area (Å²) in [5.41, 5.74) is 2.51. The first-order valence-electron chi connectivity index (χ1n) is 9.31. The minimum absolute atomic E-state index is 0.178. The molecule has 0 fully saturated rings. The number of aromatic nitrogens is 3. The van der Waals surface area contributed by atoms with Crippen molar-refractivity contribution in [2.24, 2.45) is 0 Å². The summed E-state index contributed by atoms with van der Waals surface area (Å²) in [5.74, 6) is -0.178. The summed E-state index contributed by atoms with van der Waals surface area (Å²) in [6.45, 7) is 1.92. The fourth-order valence-corrected chi connectivity index (χ4v) is 3.56. The number of alkyl halides is 3. The topological polar surface area (TPSA) is 59.8 Å². The van der Waals surface area contributed by atoms with Gasteiger partial charge in [-0.25, -0.2) is 4.68 Å². The molecular formula is C21H19F3N4O. The maximum atomic E-state index is 13.0. The van der Waals surface area contributed by atoms with Crippen LogP contribution >= 0.6 is 0 Å². The Bertz CT molecular complexity index is 1060. The Balaban J connectivity index is 1.61. The lowest BCUT2D eigenvalue weighted by Gasteiger charge is -2.22. The predicted molar refractivity (Wildman–Crippen MR) is 101 cm³/mol. The zero-order valence-corrected chi connectivity index (χ0v) is 15.7. The lowest BCUT2D eigenvalue weighted by Crippen LogP contribution is -2.30. The molecule has 1 atom stereocenters. The van der Waals surface area contributed by atoms with Crippen molar-refractivity contribution < 1.29 is 18.0 Å². The van der Waals surface area contributed by atoms with Gasteiger partial charge >= 0.3 is 6.18 Å². The second-order valence-corrected chi connectivity index (χ2v) is 7.16. The van der Waals surface area contributed by atoms with Crippen LogP contribution in [-0.2, 0) is 12.6 Å². The van der Waals surface area contributed by atoms with E-state index in [9.17, 15) is 18.0 Å². The van der Waals surface area contributed by atoms with Crippen molar-refractivity contribution in [2.45, 2.75) is 38.4 Å². The molecule has 2 heterocycles. The average molecular weight is 400 g/mol. The average Bonchev–Trinajstić information content (AvgIpc) is 3.13. The lowest BCUT2D eigenvalue weighted by atomic mass is 9.93. The van der Waals surface area contributed by atoms with Crippen molar-refractivity contribution >= 4 is 5.91 Å². The fourth-order valence-electron chi connectivity index (χ4n) is 3.56. The van der Waals surface area contributed by atoms with Gasteiger partial charge in [-0.3, -0.25) is 9.78 Å². The standard InChI is InChI=1S/C21H19F3N4O/c1-13-4-2-5-14(10-13)20(29)26-17-6-3-7-18-16(17)12-28(27-18)15-8-9-25-19(11-15)21(22,23)24/h2,4-5,8-12,17H,3,6-7H2,1H3,(H,26,29)/t17-/m0/s1. The Morgan fingerprint density at radius 1 is 1.24 bits per heavy atom. The van der Waals surface area contributed by atoms with E-state index in [1.54, 1.807) is 12.3 Å². The molecule has 1 aliphatic rings. The van der Waals surface area contributed by atoms with Crippen molar-refractivity contribution in [3.63, 3.8) is 0 Å². The third-order valence-electron chi connectivity index (χ3n) is 4.99. The number of fused-ring (bicyclic) bond motifs is 1. The van der Waals surface area contributed by atoms with E-state index in [0.717, 1.165) is 48.3 Å². The molecule has 29 heavy (non-hydrogen) atoms. The lowest BCUT2D eigenvalue weighted by molar-refractivity contribution is -0.141. The number of aryl methyl sites for hydroxylation is 2. The van der Waals surface area contributed by atoms with E-state index in [1.165, 1.54) is 10.7 Å². The summed E-state index contributed by atoms with van der Waals surface area (Å²) in [4.78, 5) is 16.0. The number of pyridine rings is 1. The van der Waals surface area contributed by atoms with E-state index in [2.05, 4.69) is 15.4 Å². The maximum Gasteiger partial charge on any atom is 0.433 e. The first-order valence-corrected chi connectivity index (χ1v) is 9.31. The van der Waals surface area contributed by atoms with Gasteiger partial charge in [-0.15, -0.1) is 0 Å². The van der Waals surface area contributed by atoms with Crippen molar-refractivity contribution in [1.82, 2.24) is 20.1 Å². The van der Waals surface area contributed by atoms with Crippen molar-refractivity contribution in [3.05, 3.63) is 76.9 Å². The largest absolute Gasteiger partial charge is 0.433 e. The summed E-state index contributed by atoms with van der Waals surface area (Å²) in [6, 6.07) is 9.54. The number of amides is 1. The van der Waals surface area contributed by atoms with E-state index >= 15 is 0 Å².